The maximum Gasteiger partial charge on any atom is 0.348 e. The molecule has 23 heavy (non-hydrogen) atoms. The lowest BCUT2D eigenvalue weighted by molar-refractivity contribution is 0.0701. The zero-order valence-electron chi connectivity index (χ0n) is 11.8. The number of hydrogen-bond donors (Lipinski definition) is 1. The van der Waals surface area contributed by atoms with Crippen molar-refractivity contribution in [1.82, 2.24) is 9.97 Å². The van der Waals surface area contributed by atoms with Gasteiger partial charge in [0.1, 0.15) is 15.7 Å². The van der Waals surface area contributed by atoms with E-state index in [1.165, 1.54) is 12.1 Å². The van der Waals surface area contributed by atoms with Crippen molar-refractivity contribution in [3.8, 4) is 10.6 Å². The Kier molecular flexibility index (Phi) is 4.25. The number of carbonyl (C=O) groups is 1. The first kappa shape index (κ1) is 15.1. The highest BCUT2D eigenvalue weighted by Gasteiger charge is 2.16. The smallest absolute Gasteiger partial charge is 0.348 e. The van der Waals surface area contributed by atoms with Gasteiger partial charge in [0.15, 0.2) is 0 Å². The first-order chi connectivity index (χ1) is 11.1. The Balaban J connectivity index is 1.96. The van der Waals surface area contributed by atoms with E-state index in [2.05, 4.69) is 9.97 Å². The molecular formula is C17H11FN2O2S. The van der Waals surface area contributed by atoms with E-state index >= 15 is 0 Å². The Morgan fingerprint density at radius 2 is 1.78 bits per heavy atom. The van der Waals surface area contributed by atoms with Crippen LogP contribution in [0.5, 0.6) is 0 Å². The molecule has 0 aliphatic rings. The molecule has 3 rings (SSSR count). The van der Waals surface area contributed by atoms with E-state index in [9.17, 15) is 14.3 Å². The minimum absolute atomic E-state index is 0.162. The molecule has 1 aromatic carbocycles. The van der Waals surface area contributed by atoms with Crippen molar-refractivity contribution in [2.45, 2.75) is 0 Å². The molecule has 0 spiro atoms. The van der Waals surface area contributed by atoms with Gasteiger partial charge in [-0.15, -0.1) is 11.3 Å². The van der Waals surface area contributed by atoms with Gasteiger partial charge in [-0.3, -0.25) is 4.98 Å². The maximum atomic E-state index is 12.9. The minimum atomic E-state index is -1.03. The lowest BCUT2D eigenvalue weighted by Crippen LogP contribution is -1.94. The summed E-state index contributed by atoms with van der Waals surface area (Å²) >= 11 is 1.11. The number of hydrogen-bond acceptors (Lipinski definition) is 4. The summed E-state index contributed by atoms with van der Waals surface area (Å²) in [5.41, 5.74) is 1.95. The second-order valence-electron chi connectivity index (χ2n) is 4.66. The zero-order chi connectivity index (χ0) is 16.2. The molecule has 114 valence electrons. The van der Waals surface area contributed by atoms with Crippen LogP contribution in [-0.4, -0.2) is 21.0 Å². The molecule has 0 radical (unpaired) electrons. The van der Waals surface area contributed by atoms with Crippen LogP contribution in [0.15, 0.2) is 48.8 Å². The molecule has 2 aromatic heterocycles. The van der Waals surface area contributed by atoms with Crippen LogP contribution in [0.25, 0.3) is 22.7 Å². The van der Waals surface area contributed by atoms with Crippen molar-refractivity contribution in [2.75, 3.05) is 0 Å². The third kappa shape index (κ3) is 3.49. The Hall–Kier alpha value is -2.86. The fourth-order valence-corrected chi connectivity index (χ4v) is 2.86. The highest BCUT2D eigenvalue weighted by molar-refractivity contribution is 7.17. The highest BCUT2D eigenvalue weighted by Crippen LogP contribution is 2.29. The summed E-state index contributed by atoms with van der Waals surface area (Å²) in [6, 6.07) is 9.48. The van der Waals surface area contributed by atoms with Gasteiger partial charge < -0.3 is 5.11 Å². The molecule has 0 amide bonds. The number of thiazole rings is 1. The lowest BCUT2D eigenvalue weighted by atomic mass is 10.2. The molecule has 0 atom stereocenters. The largest absolute Gasteiger partial charge is 0.477 e. The van der Waals surface area contributed by atoms with Gasteiger partial charge in [-0.2, -0.15) is 0 Å². The van der Waals surface area contributed by atoms with Crippen LogP contribution >= 0.6 is 11.3 Å². The molecule has 0 saturated carbocycles. The van der Waals surface area contributed by atoms with Gasteiger partial charge in [0, 0.05) is 18.0 Å². The van der Waals surface area contributed by atoms with Gasteiger partial charge in [0.2, 0.25) is 0 Å². The van der Waals surface area contributed by atoms with Crippen LogP contribution < -0.4 is 0 Å². The molecule has 3 aromatic rings. The number of pyridine rings is 1. The summed E-state index contributed by atoms with van der Waals surface area (Å²) in [6.07, 6.45) is 6.59. The van der Waals surface area contributed by atoms with Crippen LogP contribution in [0, 0.1) is 5.82 Å². The molecule has 0 bridgehead atoms. The lowest BCUT2D eigenvalue weighted by Gasteiger charge is -1.93. The molecule has 0 aliphatic carbocycles. The summed E-state index contributed by atoms with van der Waals surface area (Å²) in [7, 11) is 0. The molecule has 0 saturated heterocycles. The zero-order valence-corrected chi connectivity index (χ0v) is 12.6. The normalized spacial score (nSPS) is 11.0. The summed E-state index contributed by atoms with van der Waals surface area (Å²) in [4.78, 5) is 19.9. The van der Waals surface area contributed by atoms with E-state index in [1.54, 1.807) is 48.8 Å². The fourth-order valence-electron chi connectivity index (χ4n) is 1.97. The van der Waals surface area contributed by atoms with Gasteiger partial charge >= 0.3 is 5.97 Å². The van der Waals surface area contributed by atoms with Crippen molar-refractivity contribution in [1.29, 1.82) is 0 Å². The Morgan fingerprint density at radius 3 is 2.43 bits per heavy atom. The molecular weight excluding hydrogens is 315 g/mol. The first-order valence-electron chi connectivity index (χ1n) is 6.71. The predicted octanol–water partition coefficient (Wildman–Crippen LogP) is 4.21. The molecule has 0 aliphatic heterocycles. The molecule has 1 N–H and O–H groups in total. The standard InChI is InChI=1S/C17H11FN2O2S/c18-13-4-1-11(2-5-13)3-6-14-15(17(21)22)23-16(20-14)12-7-9-19-10-8-12/h1-10H,(H,21,22)/b6-3+. The SMILES string of the molecule is O=C(O)c1sc(-c2ccncc2)nc1/C=C/c1ccc(F)cc1. The highest BCUT2D eigenvalue weighted by atomic mass is 32.1. The van der Waals surface area contributed by atoms with Gasteiger partial charge in [0.05, 0.1) is 5.69 Å². The van der Waals surface area contributed by atoms with Crippen molar-refractivity contribution in [2.24, 2.45) is 0 Å². The fraction of sp³-hybridized carbons (Fsp3) is 0. The Bertz CT molecular complexity index is 858. The topological polar surface area (TPSA) is 63.1 Å². The van der Waals surface area contributed by atoms with E-state index in [0.29, 0.717) is 10.7 Å². The van der Waals surface area contributed by atoms with E-state index in [-0.39, 0.29) is 10.7 Å². The van der Waals surface area contributed by atoms with E-state index in [4.69, 9.17) is 0 Å². The van der Waals surface area contributed by atoms with Crippen LogP contribution in [0.3, 0.4) is 0 Å². The van der Waals surface area contributed by atoms with Gasteiger partial charge in [-0.05, 0) is 35.9 Å². The number of aromatic carboxylic acids is 1. The maximum absolute atomic E-state index is 12.9. The predicted molar refractivity (Wildman–Crippen MR) is 87.6 cm³/mol. The quantitative estimate of drug-likeness (QED) is 0.780. The van der Waals surface area contributed by atoms with E-state index in [1.807, 2.05) is 0 Å². The summed E-state index contributed by atoms with van der Waals surface area (Å²) < 4.78 is 12.9. The number of halogens is 1. The molecule has 0 fully saturated rings. The number of benzene rings is 1. The van der Waals surface area contributed by atoms with Crippen molar-refractivity contribution < 1.29 is 14.3 Å². The van der Waals surface area contributed by atoms with Crippen molar-refractivity contribution in [3.05, 3.63) is 70.7 Å². The number of aromatic nitrogens is 2. The van der Waals surface area contributed by atoms with Crippen molar-refractivity contribution >= 4 is 29.5 Å². The molecule has 2 heterocycles. The van der Waals surface area contributed by atoms with Gasteiger partial charge in [0.25, 0.3) is 0 Å². The van der Waals surface area contributed by atoms with Crippen molar-refractivity contribution in [3.63, 3.8) is 0 Å². The first-order valence-corrected chi connectivity index (χ1v) is 7.53. The summed E-state index contributed by atoms with van der Waals surface area (Å²) in [6.45, 7) is 0. The third-order valence-corrected chi connectivity index (χ3v) is 4.19. The average molecular weight is 326 g/mol. The van der Waals surface area contributed by atoms with Gasteiger partial charge in [-0.25, -0.2) is 14.2 Å². The number of carboxylic acid groups (broad SMARTS) is 1. The Labute approximate surface area is 135 Å². The monoisotopic (exact) mass is 326 g/mol. The van der Waals surface area contributed by atoms with Crippen LogP contribution in [0.4, 0.5) is 4.39 Å². The van der Waals surface area contributed by atoms with Crippen LogP contribution in [0.1, 0.15) is 20.9 Å². The number of nitrogens with zero attached hydrogens (tertiary/aromatic N) is 2. The molecule has 4 nitrogen and oxygen atoms in total. The summed E-state index contributed by atoms with van der Waals surface area (Å²) in [5.74, 6) is -1.34. The number of carboxylic acids is 1. The number of rotatable bonds is 4. The second-order valence-corrected chi connectivity index (χ2v) is 5.66. The molecule has 0 unspecified atom stereocenters. The third-order valence-electron chi connectivity index (χ3n) is 3.08. The van der Waals surface area contributed by atoms with E-state index in [0.717, 1.165) is 22.5 Å². The second kappa shape index (κ2) is 6.50. The van der Waals surface area contributed by atoms with E-state index < -0.39 is 5.97 Å². The summed E-state index contributed by atoms with van der Waals surface area (Å²) in [5, 5.41) is 9.95. The van der Waals surface area contributed by atoms with Crippen LogP contribution in [0.2, 0.25) is 0 Å². The Morgan fingerprint density at radius 1 is 1.09 bits per heavy atom. The van der Waals surface area contributed by atoms with Crippen LogP contribution in [-0.2, 0) is 0 Å². The minimum Gasteiger partial charge on any atom is -0.477 e. The molecule has 6 heteroatoms. The average Bonchev–Trinajstić information content (AvgIpc) is 3.00. The van der Waals surface area contributed by atoms with Gasteiger partial charge in [-0.1, -0.05) is 18.2 Å².